The molecule has 1 fully saturated rings. The van der Waals surface area contributed by atoms with Crippen LogP contribution in [-0.2, 0) is 20.0 Å². The third-order valence-electron chi connectivity index (χ3n) is 5.10. The molecular weight excluding hydrogens is 338 g/mol. The topological polar surface area (TPSA) is 72.5 Å². The molecule has 1 aliphatic carbocycles. The lowest BCUT2D eigenvalue weighted by Gasteiger charge is -2.19. The van der Waals surface area contributed by atoms with Gasteiger partial charge in [0.05, 0.1) is 17.6 Å². The summed E-state index contributed by atoms with van der Waals surface area (Å²) >= 11 is 0. The van der Waals surface area contributed by atoms with Crippen molar-refractivity contribution >= 4 is 15.7 Å². The number of amides is 1. The van der Waals surface area contributed by atoms with Gasteiger partial charge >= 0.3 is 0 Å². The molecule has 25 heavy (non-hydrogen) atoms. The van der Waals surface area contributed by atoms with Crippen LogP contribution in [0.3, 0.4) is 0 Å². The number of benzene rings is 1. The van der Waals surface area contributed by atoms with Crippen LogP contribution in [0.15, 0.2) is 24.3 Å². The predicted octanol–water partition coefficient (Wildman–Crippen LogP) is 2.69. The van der Waals surface area contributed by atoms with Gasteiger partial charge < -0.3 is 10.1 Å². The van der Waals surface area contributed by atoms with Crippen LogP contribution < -0.4 is 10.1 Å². The summed E-state index contributed by atoms with van der Waals surface area (Å²) in [6, 6.07) is 7.78. The molecule has 0 radical (unpaired) electrons. The summed E-state index contributed by atoms with van der Waals surface area (Å²) in [5.74, 6) is 0.784. The summed E-state index contributed by atoms with van der Waals surface area (Å²) in [5, 5.41) is 2.89. The molecule has 0 aliphatic heterocycles. The van der Waals surface area contributed by atoms with Gasteiger partial charge in [0.25, 0.3) is 0 Å². The minimum Gasteiger partial charge on any atom is -0.496 e. The van der Waals surface area contributed by atoms with Crippen LogP contribution in [0.4, 0.5) is 0 Å². The van der Waals surface area contributed by atoms with Crippen molar-refractivity contribution in [2.75, 3.05) is 19.4 Å². The van der Waals surface area contributed by atoms with Gasteiger partial charge in [-0.2, -0.15) is 0 Å². The molecule has 1 aromatic rings. The molecule has 140 valence electrons. The fourth-order valence-electron chi connectivity index (χ4n) is 3.06. The molecule has 2 unspecified atom stereocenters. The molecule has 1 aromatic carbocycles. The number of ether oxygens (including phenoxy) is 1. The van der Waals surface area contributed by atoms with Gasteiger partial charge in [-0.3, -0.25) is 4.79 Å². The highest BCUT2D eigenvalue weighted by Gasteiger charge is 2.56. The summed E-state index contributed by atoms with van der Waals surface area (Å²) < 4.78 is 28.8. The van der Waals surface area contributed by atoms with Gasteiger partial charge in [0.15, 0.2) is 9.84 Å². The average Bonchev–Trinajstić information content (AvgIpc) is 3.23. The van der Waals surface area contributed by atoms with E-state index in [2.05, 4.69) is 12.2 Å². The van der Waals surface area contributed by atoms with E-state index >= 15 is 0 Å². The first-order chi connectivity index (χ1) is 11.5. The summed E-state index contributed by atoms with van der Waals surface area (Å²) in [6.07, 6.45) is 1.21. The first kappa shape index (κ1) is 19.8. The van der Waals surface area contributed by atoms with E-state index in [1.807, 2.05) is 24.3 Å². The number of hydrogen-bond acceptors (Lipinski definition) is 4. The van der Waals surface area contributed by atoms with E-state index in [1.54, 1.807) is 27.9 Å². The average molecular weight is 368 g/mol. The molecular formula is C19H29NO4S. The lowest BCUT2D eigenvalue weighted by molar-refractivity contribution is -0.122. The first-order valence-corrected chi connectivity index (χ1v) is 10.3. The Morgan fingerprint density at radius 2 is 1.96 bits per heavy atom. The quantitative estimate of drug-likeness (QED) is 0.752. The second-order valence-electron chi connectivity index (χ2n) is 7.95. The second-order valence-corrected chi connectivity index (χ2v) is 10.8. The maximum Gasteiger partial charge on any atom is 0.224 e. The number of hydrogen-bond donors (Lipinski definition) is 1. The Hall–Kier alpha value is -1.56. The smallest absolute Gasteiger partial charge is 0.224 e. The number of rotatable bonds is 7. The van der Waals surface area contributed by atoms with Crippen LogP contribution in [0.1, 0.15) is 46.1 Å². The summed E-state index contributed by atoms with van der Waals surface area (Å²) in [7, 11) is -1.51. The van der Waals surface area contributed by atoms with Crippen molar-refractivity contribution in [2.24, 2.45) is 5.92 Å². The Kier molecular flexibility index (Phi) is 5.52. The Bertz CT molecular complexity index is 736. The van der Waals surface area contributed by atoms with Gasteiger partial charge in [0.2, 0.25) is 5.91 Å². The zero-order valence-corrected chi connectivity index (χ0v) is 16.6. The molecule has 2 atom stereocenters. The standard InChI is InChI=1S/C19H29NO4S/c1-18(2,3)25(22,23)12-8-11-20-17(21)15-13-19(15,4)14-9-6-7-10-16(14)24-5/h6-7,9-10,15H,8,11-13H2,1-5H3,(H,20,21). The molecule has 6 heteroatoms. The van der Waals surface area contributed by atoms with Crippen LogP contribution in [0.5, 0.6) is 5.75 Å². The Morgan fingerprint density at radius 3 is 2.56 bits per heavy atom. The third-order valence-corrected chi connectivity index (χ3v) is 7.79. The molecule has 0 saturated heterocycles. The van der Waals surface area contributed by atoms with Crippen molar-refractivity contribution in [1.29, 1.82) is 0 Å². The number of carbonyl (C=O) groups excluding carboxylic acids is 1. The molecule has 0 heterocycles. The maximum absolute atomic E-state index is 12.4. The lowest BCUT2D eigenvalue weighted by Crippen LogP contribution is -2.33. The van der Waals surface area contributed by atoms with Crippen molar-refractivity contribution < 1.29 is 17.9 Å². The molecule has 1 saturated carbocycles. The largest absolute Gasteiger partial charge is 0.496 e. The maximum atomic E-state index is 12.4. The molecule has 1 amide bonds. The van der Waals surface area contributed by atoms with E-state index in [0.29, 0.717) is 13.0 Å². The molecule has 5 nitrogen and oxygen atoms in total. The van der Waals surface area contributed by atoms with Crippen molar-refractivity contribution in [3.63, 3.8) is 0 Å². The monoisotopic (exact) mass is 367 g/mol. The summed E-state index contributed by atoms with van der Waals surface area (Å²) in [4.78, 5) is 12.4. The number of nitrogens with one attached hydrogen (secondary N) is 1. The molecule has 1 N–H and O–H groups in total. The van der Waals surface area contributed by atoms with Crippen molar-refractivity contribution in [2.45, 2.75) is 50.7 Å². The number of methoxy groups -OCH3 is 1. The van der Waals surface area contributed by atoms with E-state index in [4.69, 9.17) is 4.74 Å². The molecule has 2 rings (SSSR count). The van der Waals surface area contributed by atoms with Gasteiger partial charge in [-0.1, -0.05) is 25.1 Å². The number of carbonyl (C=O) groups is 1. The molecule has 0 aromatic heterocycles. The number of para-hydroxylation sites is 1. The van der Waals surface area contributed by atoms with Crippen molar-refractivity contribution in [3.8, 4) is 5.75 Å². The zero-order chi connectivity index (χ0) is 18.9. The van der Waals surface area contributed by atoms with Crippen LogP contribution in [0.2, 0.25) is 0 Å². The van der Waals surface area contributed by atoms with E-state index < -0.39 is 14.6 Å². The van der Waals surface area contributed by atoms with Crippen molar-refractivity contribution in [1.82, 2.24) is 5.32 Å². The Labute approximate surface area is 151 Å². The minimum absolute atomic E-state index is 0.0124. The van der Waals surface area contributed by atoms with Crippen LogP contribution in [-0.4, -0.2) is 38.5 Å². The Morgan fingerprint density at radius 1 is 1.32 bits per heavy atom. The van der Waals surface area contributed by atoms with E-state index in [1.165, 1.54) is 0 Å². The molecule has 0 spiro atoms. The second kappa shape index (κ2) is 6.98. The first-order valence-electron chi connectivity index (χ1n) is 8.66. The highest BCUT2D eigenvalue weighted by molar-refractivity contribution is 7.92. The highest BCUT2D eigenvalue weighted by atomic mass is 32.2. The van der Waals surface area contributed by atoms with Crippen molar-refractivity contribution in [3.05, 3.63) is 29.8 Å². The van der Waals surface area contributed by atoms with E-state index in [9.17, 15) is 13.2 Å². The SMILES string of the molecule is COc1ccccc1C1(C)CC1C(=O)NCCCS(=O)(=O)C(C)(C)C. The normalized spacial score (nSPS) is 23.2. The van der Waals surface area contributed by atoms with Crippen LogP contribution >= 0.6 is 0 Å². The fraction of sp³-hybridized carbons (Fsp3) is 0.632. The van der Waals surface area contributed by atoms with E-state index in [-0.39, 0.29) is 23.0 Å². The Balaban J connectivity index is 1.88. The highest BCUT2D eigenvalue weighted by Crippen LogP contribution is 2.56. The summed E-state index contributed by atoms with van der Waals surface area (Å²) in [5.41, 5.74) is 0.835. The zero-order valence-electron chi connectivity index (χ0n) is 15.8. The van der Waals surface area contributed by atoms with Gasteiger partial charge in [-0.05, 0) is 39.7 Å². The molecule has 0 bridgehead atoms. The third kappa shape index (κ3) is 4.17. The van der Waals surface area contributed by atoms with Crippen LogP contribution in [0.25, 0.3) is 0 Å². The predicted molar refractivity (Wildman–Crippen MR) is 99.6 cm³/mol. The van der Waals surface area contributed by atoms with E-state index in [0.717, 1.165) is 17.7 Å². The van der Waals surface area contributed by atoms with Gasteiger partial charge in [0, 0.05) is 23.4 Å². The fourth-order valence-corrected chi connectivity index (χ4v) is 4.20. The molecule has 1 aliphatic rings. The van der Waals surface area contributed by atoms with Gasteiger partial charge in [-0.15, -0.1) is 0 Å². The van der Waals surface area contributed by atoms with Gasteiger partial charge in [0.1, 0.15) is 5.75 Å². The number of sulfone groups is 1. The minimum atomic E-state index is -3.14. The summed E-state index contributed by atoms with van der Waals surface area (Å²) in [6.45, 7) is 7.54. The lowest BCUT2D eigenvalue weighted by atomic mass is 9.94. The van der Waals surface area contributed by atoms with Crippen LogP contribution in [0, 0.1) is 5.92 Å². The van der Waals surface area contributed by atoms with Gasteiger partial charge in [-0.25, -0.2) is 8.42 Å².